The number of hydrogen-bond donors (Lipinski definition) is 1. The van der Waals surface area contributed by atoms with Crippen LogP contribution in [0.25, 0.3) is 0 Å². The zero-order chi connectivity index (χ0) is 18.1. The molecule has 2 atom stereocenters. The first-order valence-electron chi connectivity index (χ1n) is 8.56. The maximum Gasteiger partial charge on any atom is 0.273 e. The molecule has 1 N–H and O–H groups in total. The van der Waals surface area contributed by atoms with Crippen LogP contribution in [-0.2, 0) is 0 Å². The molecule has 0 radical (unpaired) electrons. The van der Waals surface area contributed by atoms with Crippen molar-refractivity contribution >= 4 is 17.2 Å². The molecule has 3 heterocycles. The minimum absolute atomic E-state index is 0.152. The molecule has 1 amide bonds. The fourth-order valence-electron chi connectivity index (χ4n) is 3.16. The van der Waals surface area contributed by atoms with Crippen LogP contribution in [0.2, 0.25) is 0 Å². The van der Waals surface area contributed by atoms with Gasteiger partial charge in [0.05, 0.1) is 11.6 Å². The summed E-state index contributed by atoms with van der Waals surface area (Å²) in [7, 11) is 0. The third kappa shape index (κ3) is 3.34. The number of β-amino-alcohol motifs (C(OH)–C–C–N with tert-alkyl or cyclic N) is 1. The van der Waals surface area contributed by atoms with Crippen molar-refractivity contribution in [3.8, 4) is 17.2 Å². The Bertz CT molecular complexity index is 809. The van der Waals surface area contributed by atoms with E-state index in [0.717, 1.165) is 5.01 Å². The lowest BCUT2D eigenvalue weighted by Gasteiger charge is -2.36. The first kappa shape index (κ1) is 17.1. The maximum absolute atomic E-state index is 12.5. The van der Waals surface area contributed by atoms with Gasteiger partial charge in [-0.1, -0.05) is 6.07 Å². The van der Waals surface area contributed by atoms with E-state index in [2.05, 4.69) is 4.98 Å². The molecule has 2 aliphatic rings. The highest BCUT2D eigenvalue weighted by Gasteiger charge is 2.33. The molecule has 0 saturated carbocycles. The van der Waals surface area contributed by atoms with Crippen LogP contribution in [0.1, 0.15) is 21.9 Å². The summed E-state index contributed by atoms with van der Waals surface area (Å²) < 4.78 is 17.2. The van der Waals surface area contributed by atoms with E-state index in [9.17, 15) is 9.90 Å². The van der Waals surface area contributed by atoms with E-state index >= 15 is 0 Å². The smallest absolute Gasteiger partial charge is 0.273 e. The number of carbonyl (C=O) groups excluding carboxylic acids is 1. The number of benzene rings is 1. The summed E-state index contributed by atoms with van der Waals surface area (Å²) in [6.07, 6.45) is -0.665. The number of aliphatic hydroxyl groups excluding tert-OH is 1. The lowest BCUT2D eigenvalue weighted by atomic mass is 10.0. The van der Waals surface area contributed by atoms with Crippen molar-refractivity contribution in [3.05, 3.63) is 34.3 Å². The average Bonchev–Trinajstić information content (AvgIpc) is 3.09. The number of aliphatic hydroxyl groups is 1. The second kappa shape index (κ2) is 7.13. The van der Waals surface area contributed by atoms with Crippen LogP contribution in [0, 0.1) is 6.92 Å². The van der Waals surface area contributed by atoms with Gasteiger partial charge in [0, 0.05) is 18.3 Å². The normalized spacial score (nSPS) is 22.2. The van der Waals surface area contributed by atoms with Gasteiger partial charge in [-0.2, -0.15) is 0 Å². The van der Waals surface area contributed by atoms with Crippen LogP contribution < -0.4 is 14.2 Å². The highest BCUT2D eigenvalue weighted by atomic mass is 32.1. The first-order valence-corrected chi connectivity index (χ1v) is 9.44. The van der Waals surface area contributed by atoms with Crippen LogP contribution >= 0.6 is 11.3 Å². The maximum atomic E-state index is 12.5. The highest BCUT2D eigenvalue weighted by molar-refractivity contribution is 7.09. The van der Waals surface area contributed by atoms with Crippen LogP contribution in [0.4, 0.5) is 0 Å². The molecule has 1 aromatic carbocycles. The van der Waals surface area contributed by atoms with Crippen molar-refractivity contribution in [2.75, 3.05) is 26.3 Å². The quantitative estimate of drug-likeness (QED) is 0.881. The number of likely N-dealkylation sites (tertiary alicyclic amines) is 1. The molecule has 0 unspecified atom stereocenters. The second-order valence-corrected chi connectivity index (χ2v) is 7.36. The molecule has 1 fully saturated rings. The molecule has 26 heavy (non-hydrogen) atoms. The second-order valence-electron chi connectivity index (χ2n) is 6.30. The molecule has 2 aliphatic heterocycles. The molecular weight excluding hydrogens is 356 g/mol. The zero-order valence-corrected chi connectivity index (χ0v) is 15.2. The van der Waals surface area contributed by atoms with Crippen molar-refractivity contribution < 1.29 is 24.1 Å². The monoisotopic (exact) mass is 376 g/mol. The fraction of sp³-hybridized carbons (Fsp3) is 0.444. The van der Waals surface area contributed by atoms with E-state index in [4.69, 9.17) is 14.2 Å². The van der Waals surface area contributed by atoms with Crippen molar-refractivity contribution in [3.63, 3.8) is 0 Å². The van der Waals surface area contributed by atoms with Crippen LogP contribution in [0.3, 0.4) is 0 Å². The number of hydrogen-bond acceptors (Lipinski definition) is 7. The summed E-state index contributed by atoms with van der Waals surface area (Å²) >= 11 is 1.44. The third-order valence-electron chi connectivity index (χ3n) is 4.45. The van der Waals surface area contributed by atoms with Gasteiger partial charge in [-0.05, 0) is 19.1 Å². The molecule has 2 aromatic rings. The van der Waals surface area contributed by atoms with E-state index in [0.29, 0.717) is 49.1 Å². The molecule has 4 rings (SSSR count). The summed E-state index contributed by atoms with van der Waals surface area (Å²) in [6.45, 7) is 3.56. The number of carbonyl (C=O) groups is 1. The Kier molecular flexibility index (Phi) is 4.69. The number of fused-ring (bicyclic) bond motifs is 1. The van der Waals surface area contributed by atoms with Crippen molar-refractivity contribution in [2.45, 2.75) is 25.6 Å². The van der Waals surface area contributed by atoms with E-state index in [-0.39, 0.29) is 12.5 Å². The number of para-hydroxylation sites is 1. The van der Waals surface area contributed by atoms with Crippen LogP contribution in [0.15, 0.2) is 23.6 Å². The molecule has 0 spiro atoms. The lowest BCUT2D eigenvalue weighted by Crippen LogP contribution is -2.51. The summed E-state index contributed by atoms with van der Waals surface area (Å²) in [5, 5.41) is 13.1. The van der Waals surface area contributed by atoms with Crippen molar-refractivity contribution in [1.82, 2.24) is 9.88 Å². The average molecular weight is 376 g/mol. The Morgan fingerprint density at radius 2 is 2.23 bits per heavy atom. The lowest BCUT2D eigenvalue weighted by molar-refractivity contribution is -0.0215. The molecule has 7 nitrogen and oxygen atoms in total. The van der Waals surface area contributed by atoms with Gasteiger partial charge >= 0.3 is 0 Å². The van der Waals surface area contributed by atoms with Gasteiger partial charge in [-0.25, -0.2) is 4.98 Å². The number of aromatic nitrogens is 1. The minimum atomic E-state index is -0.784. The predicted octanol–water partition coefficient (Wildman–Crippen LogP) is 1.88. The highest BCUT2D eigenvalue weighted by Crippen LogP contribution is 2.40. The van der Waals surface area contributed by atoms with Gasteiger partial charge in [0.15, 0.2) is 11.5 Å². The zero-order valence-electron chi connectivity index (χ0n) is 14.4. The predicted molar refractivity (Wildman–Crippen MR) is 95.2 cm³/mol. The number of ether oxygens (including phenoxy) is 3. The number of nitrogens with zero attached hydrogens (tertiary/aromatic N) is 2. The SMILES string of the molecule is Cc1nc(C(=O)N2CC[C@@H](Oc3cccc4c3OCCO4)[C@H](O)C2)cs1. The number of aryl methyl sites for hydroxylation is 1. The first-order chi connectivity index (χ1) is 12.6. The molecule has 1 aromatic heterocycles. The molecule has 0 aliphatic carbocycles. The Labute approximate surface area is 155 Å². The number of piperidine rings is 1. The summed E-state index contributed by atoms with van der Waals surface area (Å²) in [5.41, 5.74) is 0.432. The van der Waals surface area contributed by atoms with Crippen molar-refractivity contribution in [2.24, 2.45) is 0 Å². The molecule has 0 bridgehead atoms. The molecule has 1 saturated heterocycles. The van der Waals surface area contributed by atoms with Crippen molar-refractivity contribution in [1.29, 1.82) is 0 Å². The summed E-state index contributed by atoms with van der Waals surface area (Å²) in [5.74, 6) is 1.62. The van der Waals surface area contributed by atoms with Crippen LogP contribution in [0.5, 0.6) is 17.2 Å². The van der Waals surface area contributed by atoms with E-state index in [1.54, 1.807) is 16.3 Å². The fourth-order valence-corrected chi connectivity index (χ4v) is 3.75. The van der Waals surface area contributed by atoms with E-state index in [1.165, 1.54) is 11.3 Å². The van der Waals surface area contributed by atoms with E-state index < -0.39 is 12.2 Å². The third-order valence-corrected chi connectivity index (χ3v) is 5.23. The number of amides is 1. The molecule has 138 valence electrons. The standard InChI is InChI=1S/C18H20N2O5S/c1-11-19-12(10-26-11)18(22)20-6-5-14(13(21)9-20)25-16-4-2-3-15-17(16)24-8-7-23-15/h2-4,10,13-14,21H,5-9H2,1H3/t13-,14-/m1/s1. The topological polar surface area (TPSA) is 81.1 Å². The van der Waals surface area contributed by atoms with Crippen LogP contribution in [-0.4, -0.2) is 59.4 Å². The largest absolute Gasteiger partial charge is 0.486 e. The van der Waals surface area contributed by atoms with Gasteiger partial charge in [0.1, 0.15) is 31.1 Å². The summed E-state index contributed by atoms with van der Waals surface area (Å²) in [4.78, 5) is 18.4. The Morgan fingerprint density at radius 3 is 3.00 bits per heavy atom. The van der Waals surface area contributed by atoms with Gasteiger partial charge in [0.2, 0.25) is 5.75 Å². The molecular formula is C18H20N2O5S. The van der Waals surface area contributed by atoms with Gasteiger partial charge < -0.3 is 24.2 Å². The Hall–Kier alpha value is -2.32. The van der Waals surface area contributed by atoms with E-state index in [1.807, 2.05) is 19.1 Å². The van der Waals surface area contributed by atoms with Gasteiger partial charge in [-0.3, -0.25) is 4.79 Å². The Balaban J connectivity index is 1.42. The van der Waals surface area contributed by atoms with Gasteiger partial charge in [-0.15, -0.1) is 11.3 Å². The molecule has 8 heteroatoms. The van der Waals surface area contributed by atoms with Gasteiger partial charge in [0.25, 0.3) is 5.91 Å². The number of thiazole rings is 1. The minimum Gasteiger partial charge on any atom is -0.486 e. The summed E-state index contributed by atoms with van der Waals surface area (Å²) in [6, 6.07) is 5.46. The Morgan fingerprint density at radius 1 is 1.38 bits per heavy atom. The number of rotatable bonds is 3.